The summed E-state index contributed by atoms with van der Waals surface area (Å²) in [6, 6.07) is 0. The van der Waals surface area contributed by atoms with Gasteiger partial charge in [-0.05, 0) is 56.4 Å². The van der Waals surface area contributed by atoms with Gasteiger partial charge in [-0.15, -0.1) is 0 Å². The largest absolute Gasteiger partial charge is 0.342 e. The van der Waals surface area contributed by atoms with Gasteiger partial charge in [0.05, 0.1) is 0 Å². The molecule has 3 fully saturated rings. The van der Waals surface area contributed by atoms with Crippen LogP contribution < -0.4 is 5.73 Å². The number of nitrogens with two attached hydrogens (primary N) is 1. The fourth-order valence-electron chi connectivity index (χ4n) is 5.16. The van der Waals surface area contributed by atoms with Gasteiger partial charge in [0.15, 0.2) is 0 Å². The second-order valence-electron chi connectivity index (χ2n) is 7.81. The van der Waals surface area contributed by atoms with E-state index in [1.807, 2.05) is 0 Å². The van der Waals surface area contributed by atoms with E-state index in [2.05, 4.69) is 4.90 Å². The predicted octanol–water partition coefficient (Wildman–Crippen LogP) is 3.32. The summed E-state index contributed by atoms with van der Waals surface area (Å²) in [5.74, 6) is 1.12. The van der Waals surface area contributed by atoms with Crippen molar-refractivity contribution in [2.45, 2.75) is 70.6 Å². The van der Waals surface area contributed by atoms with Gasteiger partial charge in [-0.2, -0.15) is 0 Å². The number of hydrogen-bond donors (Lipinski definition) is 1. The number of carbonyl (C=O) groups excluding carboxylic acids is 1. The predicted molar refractivity (Wildman–Crippen MR) is 85.8 cm³/mol. The highest BCUT2D eigenvalue weighted by Crippen LogP contribution is 2.43. The Bertz CT molecular complexity index is 360. The molecule has 1 aliphatic heterocycles. The van der Waals surface area contributed by atoms with E-state index in [1.54, 1.807) is 0 Å². The average molecular weight is 292 g/mol. The van der Waals surface area contributed by atoms with Crippen LogP contribution in [-0.2, 0) is 4.79 Å². The van der Waals surface area contributed by atoms with Gasteiger partial charge in [-0.1, -0.05) is 32.1 Å². The van der Waals surface area contributed by atoms with Crippen LogP contribution in [-0.4, -0.2) is 30.4 Å². The number of likely N-dealkylation sites (tertiary alicyclic amines) is 1. The zero-order valence-corrected chi connectivity index (χ0v) is 13.5. The maximum absolute atomic E-state index is 13.0. The van der Waals surface area contributed by atoms with Crippen molar-refractivity contribution in [1.82, 2.24) is 4.90 Å². The lowest BCUT2D eigenvalue weighted by atomic mass is 9.73. The van der Waals surface area contributed by atoms with Crippen molar-refractivity contribution in [1.29, 1.82) is 0 Å². The number of nitrogens with zero attached hydrogens (tertiary/aromatic N) is 1. The lowest BCUT2D eigenvalue weighted by molar-refractivity contribution is -0.140. The maximum Gasteiger partial charge on any atom is 0.226 e. The third-order valence-corrected chi connectivity index (χ3v) is 6.42. The Morgan fingerprint density at radius 3 is 2.43 bits per heavy atom. The Kier molecular flexibility index (Phi) is 4.88. The van der Waals surface area contributed by atoms with Gasteiger partial charge in [0.2, 0.25) is 5.91 Å². The van der Waals surface area contributed by atoms with Crippen LogP contribution in [0.15, 0.2) is 0 Å². The van der Waals surface area contributed by atoms with E-state index >= 15 is 0 Å². The van der Waals surface area contributed by atoms with E-state index in [-0.39, 0.29) is 5.92 Å². The molecule has 2 aliphatic carbocycles. The van der Waals surface area contributed by atoms with Gasteiger partial charge in [0, 0.05) is 19.0 Å². The normalized spacial score (nSPS) is 33.1. The van der Waals surface area contributed by atoms with Crippen LogP contribution in [0.3, 0.4) is 0 Å². The lowest BCUT2D eigenvalue weighted by Gasteiger charge is -2.44. The molecule has 120 valence electrons. The van der Waals surface area contributed by atoms with Gasteiger partial charge >= 0.3 is 0 Å². The minimum absolute atomic E-state index is 0.232. The van der Waals surface area contributed by atoms with E-state index < -0.39 is 0 Å². The van der Waals surface area contributed by atoms with E-state index in [0.29, 0.717) is 23.8 Å². The van der Waals surface area contributed by atoms with Crippen LogP contribution in [0.25, 0.3) is 0 Å². The molecule has 0 aromatic heterocycles. The molecule has 2 saturated carbocycles. The molecule has 1 spiro atoms. The summed E-state index contributed by atoms with van der Waals surface area (Å²) in [7, 11) is 0. The van der Waals surface area contributed by atoms with E-state index in [4.69, 9.17) is 5.73 Å². The molecule has 3 rings (SSSR count). The first-order valence-corrected chi connectivity index (χ1v) is 9.23. The van der Waals surface area contributed by atoms with Gasteiger partial charge in [0.1, 0.15) is 0 Å². The standard InChI is InChI=1S/C18H32N2O/c19-13-15-7-5-8-16(15)17(21)20-12-6-11-18(14-20)9-3-1-2-4-10-18/h15-16H,1-14,19H2/t15-,16-/m1/s1. The molecule has 3 heteroatoms. The molecule has 2 N–H and O–H groups in total. The topological polar surface area (TPSA) is 46.3 Å². The summed E-state index contributed by atoms with van der Waals surface area (Å²) < 4.78 is 0. The van der Waals surface area contributed by atoms with Gasteiger partial charge in [-0.25, -0.2) is 0 Å². The summed E-state index contributed by atoms with van der Waals surface area (Å²) in [4.78, 5) is 15.2. The highest BCUT2D eigenvalue weighted by atomic mass is 16.2. The molecule has 2 atom stereocenters. The van der Waals surface area contributed by atoms with Crippen LogP contribution >= 0.6 is 0 Å². The van der Waals surface area contributed by atoms with Crippen molar-refractivity contribution in [3.05, 3.63) is 0 Å². The molecule has 0 radical (unpaired) electrons. The van der Waals surface area contributed by atoms with Crippen LogP contribution in [0.5, 0.6) is 0 Å². The molecular weight excluding hydrogens is 260 g/mol. The molecule has 3 nitrogen and oxygen atoms in total. The average Bonchev–Trinajstić information content (AvgIpc) is 2.88. The SMILES string of the molecule is NC[C@H]1CCC[C@H]1C(=O)N1CCCC2(CCCCCC2)C1. The highest BCUT2D eigenvalue weighted by molar-refractivity contribution is 5.79. The smallest absolute Gasteiger partial charge is 0.226 e. The van der Waals surface area contributed by atoms with Crippen LogP contribution in [0.1, 0.15) is 70.6 Å². The maximum atomic E-state index is 13.0. The molecule has 0 aromatic carbocycles. The second-order valence-corrected chi connectivity index (χ2v) is 7.81. The van der Waals surface area contributed by atoms with Crippen molar-refractivity contribution in [3.8, 4) is 0 Å². The van der Waals surface area contributed by atoms with Crippen molar-refractivity contribution in [2.75, 3.05) is 19.6 Å². The fraction of sp³-hybridized carbons (Fsp3) is 0.944. The molecule has 3 aliphatic rings. The van der Waals surface area contributed by atoms with Crippen LogP contribution in [0.4, 0.5) is 0 Å². The van der Waals surface area contributed by atoms with E-state index in [1.165, 1.54) is 57.8 Å². The molecule has 21 heavy (non-hydrogen) atoms. The van der Waals surface area contributed by atoms with E-state index in [0.717, 1.165) is 25.9 Å². The van der Waals surface area contributed by atoms with Gasteiger partial charge in [-0.3, -0.25) is 4.79 Å². The quantitative estimate of drug-likeness (QED) is 0.848. The van der Waals surface area contributed by atoms with E-state index in [9.17, 15) is 4.79 Å². The third kappa shape index (κ3) is 3.28. The molecule has 0 aromatic rings. The Morgan fingerprint density at radius 1 is 1.00 bits per heavy atom. The van der Waals surface area contributed by atoms with Crippen molar-refractivity contribution in [3.63, 3.8) is 0 Å². The van der Waals surface area contributed by atoms with Gasteiger partial charge in [0.25, 0.3) is 0 Å². The molecular formula is C18H32N2O. The zero-order chi connectivity index (χ0) is 14.7. The fourth-order valence-corrected chi connectivity index (χ4v) is 5.16. The Morgan fingerprint density at radius 2 is 1.71 bits per heavy atom. The first kappa shape index (κ1) is 15.3. The third-order valence-electron chi connectivity index (χ3n) is 6.42. The summed E-state index contributed by atoms with van der Waals surface area (Å²) in [5, 5.41) is 0. The number of piperidine rings is 1. The first-order valence-electron chi connectivity index (χ1n) is 9.23. The van der Waals surface area contributed by atoms with Gasteiger partial charge < -0.3 is 10.6 Å². The number of rotatable bonds is 2. The Labute approximate surface area is 129 Å². The molecule has 1 saturated heterocycles. The minimum atomic E-state index is 0.232. The van der Waals surface area contributed by atoms with Crippen LogP contribution in [0, 0.1) is 17.3 Å². The summed E-state index contributed by atoms with van der Waals surface area (Å²) >= 11 is 0. The Hall–Kier alpha value is -0.570. The monoisotopic (exact) mass is 292 g/mol. The number of hydrogen-bond acceptors (Lipinski definition) is 2. The molecule has 1 heterocycles. The summed E-state index contributed by atoms with van der Waals surface area (Å²) in [6.45, 7) is 2.73. The lowest BCUT2D eigenvalue weighted by Crippen LogP contribution is -2.49. The van der Waals surface area contributed by atoms with Crippen molar-refractivity contribution in [2.24, 2.45) is 23.0 Å². The summed E-state index contributed by atoms with van der Waals surface area (Å²) in [6.07, 6.45) is 14.2. The minimum Gasteiger partial charge on any atom is -0.342 e. The first-order chi connectivity index (χ1) is 10.2. The molecule has 0 bridgehead atoms. The zero-order valence-electron chi connectivity index (χ0n) is 13.5. The highest BCUT2D eigenvalue weighted by Gasteiger charge is 2.41. The van der Waals surface area contributed by atoms with Crippen LogP contribution in [0.2, 0.25) is 0 Å². The molecule has 0 unspecified atom stereocenters. The molecule has 1 amide bonds. The second kappa shape index (κ2) is 6.68. The number of carbonyl (C=O) groups is 1. The number of amides is 1. The summed E-state index contributed by atoms with van der Waals surface area (Å²) in [5.41, 5.74) is 6.34. The Balaban J connectivity index is 1.66. The van der Waals surface area contributed by atoms with Crippen molar-refractivity contribution < 1.29 is 4.79 Å². The van der Waals surface area contributed by atoms with Crippen molar-refractivity contribution >= 4 is 5.91 Å².